The van der Waals surface area contributed by atoms with E-state index in [1.807, 2.05) is 6.92 Å². The van der Waals surface area contributed by atoms with Crippen molar-refractivity contribution in [3.05, 3.63) is 34.8 Å². The molecule has 1 atom stereocenters. The van der Waals surface area contributed by atoms with Crippen molar-refractivity contribution in [3.8, 4) is 0 Å². The van der Waals surface area contributed by atoms with E-state index in [-0.39, 0.29) is 24.7 Å². The van der Waals surface area contributed by atoms with E-state index in [9.17, 15) is 23.2 Å². The summed E-state index contributed by atoms with van der Waals surface area (Å²) < 4.78 is 38.3. The molecule has 2 heterocycles. The van der Waals surface area contributed by atoms with Crippen molar-refractivity contribution in [2.75, 3.05) is 6.54 Å². The average Bonchev–Trinajstić information content (AvgIpc) is 2.56. The third-order valence-electron chi connectivity index (χ3n) is 3.59. The molecule has 7 heteroatoms. The third-order valence-corrected chi connectivity index (χ3v) is 3.59. The second-order valence-electron chi connectivity index (χ2n) is 4.97. The van der Waals surface area contributed by atoms with Crippen LogP contribution in [0.25, 0.3) is 0 Å². The maximum atomic E-state index is 12.6. The highest BCUT2D eigenvalue weighted by atomic mass is 19.4. The first-order chi connectivity index (χ1) is 9.32. The van der Waals surface area contributed by atoms with Gasteiger partial charge in [-0.3, -0.25) is 4.79 Å². The lowest BCUT2D eigenvalue weighted by Crippen LogP contribution is -2.44. The molecule has 0 fully saturated rings. The lowest BCUT2D eigenvalue weighted by molar-refractivity contribution is -0.615. The molecule has 1 amide bonds. The summed E-state index contributed by atoms with van der Waals surface area (Å²) in [5.74, 6) is -1.96. The van der Waals surface area contributed by atoms with E-state index >= 15 is 0 Å². The summed E-state index contributed by atoms with van der Waals surface area (Å²) >= 11 is 0. The second-order valence-corrected chi connectivity index (χ2v) is 4.97. The maximum absolute atomic E-state index is 12.6. The molecule has 0 unspecified atom stereocenters. The summed E-state index contributed by atoms with van der Waals surface area (Å²) in [5.41, 5.74) is 0.938. The highest BCUT2D eigenvalue weighted by molar-refractivity contribution is 5.81. The van der Waals surface area contributed by atoms with Gasteiger partial charge in [-0.1, -0.05) is 13.3 Å². The molecule has 0 N–H and O–H groups in total. The number of amides is 1. The van der Waals surface area contributed by atoms with Crippen molar-refractivity contribution in [2.24, 2.45) is 5.92 Å². The van der Waals surface area contributed by atoms with E-state index in [0.717, 1.165) is 4.90 Å². The summed E-state index contributed by atoms with van der Waals surface area (Å²) in [6.07, 6.45) is -2.52. The molecule has 0 aliphatic carbocycles. The van der Waals surface area contributed by atoms with Crippen LogP contribution in [0.5, 0.6) is 0 Å². The molecule has 0 bridgehead atoms. The smallest absolute Gasteiger partial charge is 0.471 e. The zero-order valence-corrected chi connectivity index (χ0v) is 11.0. The Morgan fingerprint density at radius 2 is 2.25 bits per heavy atom. The molecule has 1 aliphatic rings. The minimum atomic E-state index is -4.91. The van der Waals surface area contributed by atoms with Crippen molar-refractivity contribution >= 4 is 5.91 Å². The average molecular weight is 288 g/mol. The zero-order chi connectivity index (χ0) is 14.9. The van der Waals surface area contributed by atoms with Gasteiger partial charge in [0.2, 0.25) is 5.69 Å². The van der Waals surface area contributed by atoms with Crippen molar-refractivity contribution in [3.63, 3.8) is 0 Å². The van der Waals surface area contributed by atoms with Crippen LogP contribution < -0.4 is 4.73 Å². The van der Waals surface area contributed by atoms with Crippen molar-refractivity contribution < 1.29 is 22.7 Å². The van der Waals surface area contributed by atoms with Gasteiger partial charge < -0.3 is 10.1 Å². The second kappa shape index (κ2) is 5.30. The predicted octanol–water partition coefficient (Wildman–Crippen LogP) is 1.79. The van der Waals surface area contributed by atoms with Crippen molar-refractivity contribution in [1.82, 2.24) is 4.90 Å². The lowest BCUT2D eigenvalue weighted by Gasteiger charge is -2.24. The van der Waals surface area contributed by atoms with E-state index in [0.29, 0.717) is 23.1 Å². The third kappa shape index (κ3) is 2.86. The lowest BCUT2D eigenvalue weighted by atomic mass is 9.97. The van der Waals surface area contributed by atoms with Gasteiger partial charge in [-0.05, 0) is 18.4 Å². The largest absolute Gasteiger partial charge is 0.618 e. The van der Waals surface area contributed by atoms with Crippen LogP contribution in [0.4, 0.5) is 13.2 Å². The van der Waals surface area contributed by atoms with E-state index in [4.69, 9.17) is 0 Å². The number of alkyl halides is 3. The Morgan fingerprint density at radius 3 is 2.85 bits per heavy atom. The Hall–Kier alpha value is -1.79. The first kappa shape index (κ1) is 14.6. The molecule has 0 saturated carbocycles. The van der Waals surface area contributed by atoms with Crippen LogP contribution in [0.1, 0.15) is 24.6 Å². The fourth-order valence-corrected chi connectivity index (χ4v) is 2.46. The molecule has 1 aromatic heterocycles. The fraction of sp³-hybridized carbons (Fsp3) is 0.538. The molecule has 4 nitrogen and oxygen atoms in total. The van der Waals surface area contributed by atoms with Gasteiger partial charge >= 0.3 is 12.1 Å². The normalized spacial score (nSPS) is 19.4. The minimum absolute atomic E-state index is 0.0174. The highest BCUT2D eigenvalue weighted by Gasteiger charge is 2.44. The Kier molecular flexibility index (Phi) is 3.87. The highest BCUT2D eigenvalue weighted by Crippen LogP contribution is 2.26. The Bertz CT molecular complexity index is 517. The Morgan fingerprint density at radius 1 is 1.55 bits per heavy atom. The van der Waals surface area contributed by atoms with Gasteiger partial charge in [-0.25, -0.2) is 0 Å². The molecule has 0 aromatic carbocycles. The van der Waals surface area contributed by atoms with Gasteiger partial charge in [0, 0.05) is 18.2 Å². The Labute approximate surface area is 114 Å². The molecular weight excluding hydrogens is 273 g/mol. The molecule has 1 aliphatic heterocycles. The standard InChI is InChI=1S/C13H15F3N2O2/c1-2-9-6-10-4-3-5-18(20)11(10)8-17(7-9)12(19)13(14,15)16/h3-5,9H,2,6-8H2,1H3/t9-/m0/s1. The quantitative estimate of drug-likeness (QED) is 0.584. The van der Waals surface area contributed by atoms with Gasteiger partial charge in [-0.15, -0.1) is 0 Å². The number of hydrogen-bond acceptors (Lipinski definition) is 2. The molecule has 2 rings (SSSR count). The number of rotatable bonds is 1. The van der Waals surface area contributed by atoms with Crippen molar-refractivity contribution in [1.29, 1.82) is 0 Å². The summed E-state index contributed by atoms with van der Waals surface area (Å²) in [4.78, 5) is 12.2. The number of fused-ring (bicyclic) bond motifs is 1. The first-order valence-corrected chi connectivity index (χ1v) is 6.39. The van der Waals surface area contributed by atoms with Crippen LogP contribution in [0, 0.1) is 11.1 Å². The predicted molar refractivity (Wildman–Crippen MR) is 64.4 cm³/mol. The number of carbonyl (C=O) groups excluding carboxylic acids is 1. The monoisotopic (exact) mass is 288 g/mol. The maximum Gasteiger partial charge on any atom is 0.471 e. The molecule has 0 spiro atoms. The fourth-order valence-electron chi connectivity index (χ4n) is 2.46. The number of hydrogen-bond donors (Lipinski definition) is 0. The molecule has 0 saturated heterocycles. The number of aromatic nitrogens is 1. The topological polar surface area (TPSA) is 47.2 Å². The SMILES string of the molecule is CC[C@H]1Cc2ccc[n+]([O-])c2CN(C(=O)C(F)(F)F)C1. The van der Waals surface area contributed by atoms with Crippen LogP contribution in [0.15, 0.2) is 18.3 Å². The Balaban J connectivity index is 2.37. The summed E-state index contributed by atoms with van der Waals surface area (Å²) in [6.45, 7) is 1.58. The van der Waals surface area contributed by atoms with Crippen LogP contribution in [-0.2, 0) is 17.8 Å². The van der Waals surface area contributed by atoms with Crippen molar-refractivity contribution in [2.45, 2.75) is 32.5 Å². The van der Waals surface area contributed by atoms with Gasteiger partial charge in [-0.2, -0.15) is 17.9 Å². The van der Waals surface area contributed by atoms with Crippen LogP contribution in [0.2, 0.25) is 0 Å². The van der Waals surface area contributed by atoms with Crippen LogP contribution >= 0.6 is 0 Å². The summed E-state index contributed by atoms with van der Waals surface area (Å²) in [7, 11) is 0. The summed E-state index contributed by atoms with van der Waals surface area (Å²) in [6, 6.07) is 3.30. The van der Waals surface area contributed by atoms with E-state index in [2.05, 4.69) is 0 Å². The van der Waals surface area contributed by atoms with Crippen LogP contribution in [0.3, 0.4) is 0 Å². The van der Waals surface area contributed by atoms with Gasteiger partial charge in [0.1, 0.15) is 6.54 Å². The summed E-state index contributed by atoms with van der Waals surface area (Å²) in [5, 5.41) is 11.7. The molecule has 1 aromatic rings. The molecule has 0 radical (unpaired) electrons. The minimum Gasteiger partial charge on any atom is -0.618 e. The number of pyridine rings is 1. The van der Waals surface area contributed by atoms with Crippen LogP contribution in [-0.4, -0.2) is 23.5 Å². The number of nitrogens with zero attached hydrogens (tertiary/aromatic N) is 2. The van der Waals surface area contributed by atoms with E-state index in [1.165, 1.54) is 6.20 Å². The van der Waals surface area contributed by atoms with E-state index in [1.54, 1.807) is 12.1 Å². The number of carbonyl (C=O) groups is 1. The molecular formula is C13H15F3N2O2. The molecule has 20 heavy (non-hydrogen) atoms. The van der Waals surface area contributed by atoms with Gasteiger partial charge in [0.05, 0.1) is 0 Å². The number of halogens is 3. The zero-order valence-electron chi connectivity index (χ0n) is 11.0. The van der Waals surface area contributed by atoms with Gasteiger partial charge in [0.15, 0.2) is 6.20 Å². The molecule has 110 valence electrons. The van der Waals surface area contributed by atoms with E-state index < -0.39 is 12.1 Å². The first-order valence-electron chi connectivity index (χ1n) is 6.39. The van der Waals surface area contributed by atoms with Gasteiger partial charge in [0.25, 0.3) is 0 Å².